The number of anilines is 1. The molecule has 0 amide bonds. The van der Waals surface area contributed by atoms with Crippen LogP contribution in [0.2, 0.25) is 0 Å². The van der Waals surface area contributed by atoms with Crippen LogP contribution in [0.3, 0.4) is 0 Å². The van der Waals surface area contributed by atoms with E-state index in [-0.39, 0.29) is 11.2 Å². The van der Waals surface area contributed by atoms with Gasteiger partial charge in [-0.2, -0.15) is 5.26 Å². The van der Waals surface area contributed by atoms with Crippen LogP contribution >= 0.6 is 27.3 Å². The molecule has 1 aromatic carbocycles. The Hall–Kier alpha value is -2.36. The molecular formula is C24H24BrN3OS. The molecule has 1 aromatic heterocycles. The fourth-order valence-corrected chi connectivity index (χ4v) is 5.87. The zero-order valence-electron chi connectivity index (χ0n) is 17.5. The van der Waals surface area contributed by atoms with Gasteiger partial charge in [-0.05, 0) is 61.6 Å². The van der Waals surface area contributed by atoms with E-state index in [1.165, 1.54) is 4.88 Å². The van der Waals surface area contributed by atoms with E-state index in [1.807, 2.05) is 29.2 Å². The van der Waals surface area contributed by atoms with Crippen molar-refractivity contribution in [3.63, 3.8) is 0 Å². The minimum Gasteiger partial charge on any atom is -0.384 e. The number of nitrogens with zero attached hydrogens (tertiary/aromatic N) is 2. The summed E-state index contributed by atoms with van der Waals surface area (Å²) in [4.78, 5) is 17.7. The van der Waals surface area contributed by atoms with Gasteiger partial charge < -0.3 is 5.73 Å². The maximum atomic E-state index is 13.5. The molecule has 0 radical (unpaired) electrons. The van der Waals surface area contributed by atoms with Crippen molar-refractivity contribution >= 4 is 38.7 Å². The maximum Gasteiger partial charge on any atom is 0.162 e. The first-order valence-electron chi connectivity index (χ1n) is 9.91. The highest BCUT2D eigenvalue weighted by Gasteiger charge is 2.45. The van der Waals surface area contributed by atoms with Crippen LogP contribution in [0.15, 0.2) is 57.5 Å². The van der Waals surface area contributed by atoms with Gasteiger partial charge in [-0.15, -0.1) is 11.3 Å². The zero-order valence-corrected chi connectivity index (χ0v) is 19.9. The predicted molar refractivity (Wildman–Crippen MR) is 125 cm³/mol. The van der Waals surface area contributed by atoms with Gasteiger partial charge in [0, 0.05) is 37.6 Å². The molecule has 0 spiro atoms. The largest absolute Gasteiger partial charge is 0.384 e. The fraction of sp³-hybridized carbons (Fsp3) is 0.333. The van der Waals surface area contributed by atoms with Gasteiger partial charge in [0.2, 0.25) is 0 Å². The number of carbonyl (C=O) groups excluding carboxylic acids is 1. The summed E-state index contributed by atoms with van der Waals surface area (Å²) in [7, 11) is 0. The third-order valence-electron chi connectivity index (χ3n) is 5.86. The van der Waals surface area contributed by atoms with E-state index >= 15 is 0 Å². The van der Waals surface area contributed by atoms with Crippen molar-refractivity contribution in [3.05, 3.63) is 72.8 Å². The normalized spacial score (nSPS) is 21.0. The highest BCUT2D eigenvalue weighted by molar-refractivity contribution is 9.10. The molecule has 4 rings (SSSR count). The van der Waals surface area contributed by atoms with Gasteiger partial charge in [-0.25, -0.2) is 0 Å². The quantitative estimate of drug-likeness (QED) is 0.564. The molecule has 0 unspecified atom stereocenters. The van der Waals surface area contributed by atoms with Gasteiger partial charge in [-0.3, -0.25) is 9.69 Å². The molecule has 6 heteroatoms. The van der Waals surface area contributed by atoms with Crippen LogP contribution in [-0.2, 0) is 4.79 Å². The first kappa shape index (κ1) is 20.9. The summed E-state index contributed by atoms with van der Waals surface area (Å²) in [6.07, 6.45) is 1.19. The second-order valence-corrected chi connectivity index (χ2v) is 11.2. The van der Waals surface area contributed by atoms with Crippen molar-refractivity contribution in [3.8, 4) is 6.07 Å². The number of nitrogens with two attached hydrogens (primary N) is 1. The number of thiophene rings is 1. The number of Topliss-reactive ketones (excluding diaryl/α,β-unsaturated/α-hetero) is 1. The highest BCUT2D eigenvalue weighted by Crippen LogP contribution is 2.51. The van der Waals surface area contributed by atoms with Crippen LogP contribution in [0.4, 0.5) is 5.69 Å². The molecule has 0 bridgehead atoms. The van der Waals surface area contributed by atoms with E-state index in [0.717, 1.165) is 38.3 Å². The number of rotatable bonds is 2. The van der Waals surface area contributed by atoms with Crippen LogP contribution in [0.25, 0.3) is 0 Å². The van der Waals surface area contributed by atoms with E-state index in [0.29, 0.717) is 17.8 Å². The first-order valence-corrected chi connectivity index (χ1v) is 11.5. The molecule has 2 heterocycles. The lowest BCUT2D eigenvalue weighted by molar-refractivity contribution is -0.118. The standard InChI is InChI=1S/C24H24BrN3OS/c1-13-9-17(14(2)30-13)21-18(12-26)23(27)28(16-7-5-15(25)6-8-16)19-10-24(3,4)11-20(29)22(19)21/h5-9,21H,10-11,27H2,1-4H3/t21-/m1/s1. The molecule has 0 saturated heterocycles. The van der Waals surface area contributed by atoms with Crippen molar-refractivity contribution in [2.75, 3.05) is 4.90 Å². The van der Waals surface area contributed by atoms with Gasteiger partial charge in [0.15, 0.2) is 5.78 Å². The van der Waals surface area contributed by atoms with E-state index in [4.69, 9.17) is 5.73 Å². The van der Waals surface area contributed by atoms with Crippen molar-refractivity contribution in [1.29, 1.82) is 5.26 Å². The summed E-state index contributed by atoms with van der Waals surface area (Å²) in [5.41, 5.74) is 10.5. The molecule has 2 N–H and O–H groups in total. The fourth-order valence-electron chi connectivity index (χ4n) is 4.64. The van der Waals surface area contributed by atoms with Crippen molar-refractivity contribution in [2.45, 2.75) is 46.5 Å². The number of hydrogen-bond acceptors (Lipinski definition) is 5. The van der Waals surface area contributed by atoms with Crippen LogP contribution in [0.5, 0.6) is 0 Å². The van der Waals surface area contributed by atoms with Crippen LogP contribution in [-0.4, -0.2) is 5.78 Å². The second-order valence-electron chi connectivity index (χ2n) is 8.83. The van der Waals surface area contributed by atoms with E-state index in [1.54, 1.807) is 11.3 Å². The number of allylic oxidation sites excluding steroid dienone is 3. The van der Waals surface area contributed by atoms with Crippen molar-refractivity contribution in [2.24, 2.45) is 11.1 Å². The van der Waals surface area contributed by atoms with Crippen LogP contribution in [0, 0.1) is 30.6 Å². The summed E-state index contributed by atoms with van der Waals surface area (Å²) in [5.74, 6) is 0.124. The lowest BCUT2D eigenvalue weighted by atomic mass is 9.68. The monoisotopic (exact) mass is 481 g/mol. The molecule has 154 valence electrons. The molecule has 2 aromatic rings. The number of halogens is 1. The number of hydrogen-bond donors (Lipinski definition) is 1. The molecule has 1 aliphatic heterocycles. The molecule has 1 aliphatic carbocycles. The Morgan fingerprint density at radius 3 is 2.47 bits per heavy atom. The van der Waals surface area contributed by atoms with Gasteiger partial charge in [-0.1, -0.05) is 29.8 Å². The van der Waals surface area contributed by atoms with E-state index in [9.17, 15) is 10.1 Å². The summed E-state index contributed by atoms with van der Waals surface area (Å²) in [5, 5.41) is 10.1. The summed E-state index contributed by atoms with van der Waals surface area (Å²) in [6.45, 7) is 8.33. The summed E-state index contributed by atoms with van der Waals surface area (Å²) >= 11 is 5.17. The zero-order chi connectivity index (χ0) is 21.8. The molecule has 2 aliphatic rings. The Bertz CT molecular complexity index is 1150. The lowest BCUT2D eigenvalue weighted by Crippen LogP contribution is -2.42. The third kappa shape index (κ3) is 3.40. The number of aryl methyl sites for hydroxylation is 2. The highest BCUT2D eigenvalue weighted by atomic mass is 79.9. The molecule has 30 heavy (non-hydrogen) atoms. The lowest BCUT2D eigenvalue weighted by Gasteiger charge is -2.43. The Labute approximate surface area is 189 Å². The first-order chi connectivity index (χ1) is 14.1. The Morgan fingerprint density at radius 2 is 1.90 bits per heavy atom. The Kier molecular flexibility index (Phi) is 5.16. The number of carbonyl (C=O) groups is 1. The minimum atomic E-state index is -0.398. The SMILES string of the molecule is Cc1cc([C@@H]2C(C#N)=C(N)N(c3ccc(Br)cc3)C3=C2C(=O)CC(C)(C)C3)c(C)s1. The van der Waals surface area contributed by atoms with Crippen molar-refractivity contribution in [1.82, 2.24) is 0 Å². The van der Waals surface area contributed by atoms with Gasteiger partial charge in [0.25, 0.3) is 0 Å². The van der Waals surface area contributed by atoms with E-state index < -0.39 is 5.92 Å². The van der Waals surface area contributed by atoms with Crippen LogP contribution < -0.4 is 10.6 Å². The average Bonchev–Trinajstić information content (AvgIpc) is 2.99. The molecule has 0 fully saturated rings. The topological polar surface area (TPSA) is 70.1 Å². The molecule has 1 atom stereocenters. The molecule has 4 nitrogen and oxygen atoms in total. The Balaban J connectivity index is 2.01. The van der Waals surface area contributed by atoms with E-state index in [2.05, 4.69) is 55.8 Å². The van der Waals surface area contributed by atoms with Crippen molar-refractivity contribution < 1.29 is 4.79 Å². The minimum absolute atomic E-state index is 0.108. The van der Waals surface area contributed by atoms with Gasteiger partial charge in [0.1, 0.15) is 5.82 Å². The number of ketones is 1. The number of nitriles is 1. The number of benzene rings is 1. The second kappa shape index (κ2) is 7.40. The predicted octanol–water partition coefficient (Wildman–Crippen LogP) is 6.07. The van der Waals surface area contributed by atoms with Gasteiger partial charge in [0.05, 0.1) is 17.6 Å². The summed E-state index contributed by atoms with van der Waals surface area (Å²) in [6, 6.07) is 12.3. The third-order valence-corrected chi connectivity index (χ3v) is 7.37. The molecular weight excluding hydrogens is 458 g/mol. The van der Waals surface area contributed by atoms with Crippen LogP contribution in [0.1, 0.15) is 47.9 Å². The summed E-state index contributed by atoms with van der Waals surface area (Å²) < 4.78 is 0.961. The molecule has 0 saturated carbocycles. The van der Waals surface area contributed by atoms with Gasteiger partial charge >= 0.3 is 0 Å². The maximum absolute atomic E-state index is 13.5. The smallest absolute Gasteiger partial charge is 0.162 e. The Morgan fingerprint density at radius 1 is 1.23 bits per heavy atom. The average molecular weight is 482 g/mol.